The van der Waals surface area contributed by atoms with Gasteiger partial charge in [0.05, 0.1) is 3.79 Å². The number of rotatable bonds is 6. The summed E-state index contributed by atoms with van der Waals surface area (Å²) in [5.41, 5.74) is 0.298. The Labute approximate surface area is 118 Å². The first-order valence-corrected chi connectivity index (χ1v) is 7.54. The van der Waals surface area contributed by atoms with Crippen molar-refractivity contribution in [2.45, 2.75) is 26.8 Å². The SMILES string of the molecule is CC(NCC(C)(C)CN(C)C)c1ccc(Br)s1. The summed E-state index contributed by atoms with van der Waals surface area (Å²) in [4.78, 5) is 3.63. The highest BCUT2D eigenvalue weighted by molar-refractivity contribution is 9.11. The van der Waals surface area contributed by atoms with Gasteiger partial charge in [-0.05, 0) is 54.5 Å². The third-order valence-corrected chi connectivity index (χ3v) is 4.46. The molecule has 0 fully saturated rings. The van der Waals surface area contributed by atoms with Crippen LogP contribution in [-0.2, 0) is 0 Å². The molecule has 17 heavy (non-hydrogen) atoms. The van der Waals surface area contributed by atoms with Gasteiger partial charge in [0, 0.05) is 24.0 Å². The maximum Gasteiger partial charge on any atom is 0.0701 e. The molecule has 1 heterocycles. The highest BCUT2D eigenvalue weighted by Crippen LogP contribution is 2.27. The van der Waals surface area contributed by atoms with E-state index in [4.69, 9.17) is 0 Å². The Hall–Kier alpha value is 0.1000. The summed E-state index contributed by atoms with van der Waals surface area (Å²) in [6, 6.07) is 4.72. The number of hydrogen-bond acceptors (Lipinski definition) is 3. The summed E-state index contributed by atoms with van der Waals surface area (Å²) in [5.74, 6) is 0. The third-order valence-electron chi connectivity index (χ3n) is 2.65. The van der Waals surface area contributed by atoms with Crippen molar-refractivity contribution in [1.82, 2.24) is 10.2 Å². The number of nitrogens with zero attached hydrogens (tertiary/aromatic N) is 1. The lowest BCUT2D eigenvalue weighted by Gasteiger charge is -2.30. The Bertz CT molecular complexity index is 347. The average molecular weight is 319 g/mol. The molecule has 1 rings (SSSR count). The molecule has 4 heteroatoms. The standard InChI is InChI=1S/C13H23BrN2S/c1-10(11-6-7-12(14)17-11)15-8-13(2,3)9-16(4)5/h6-7,10,15H,8-9H2,1-5H3. The second-order valence-electron chi connectivity index (χ2n) is 5.65. The van der Waals surface area contributed by atoms with Gasteiger partial charge in [0.25, 0.3) is 0 Å². The van der Waals surface area contributed by atoms with Gasteiger partial charge >= 0.3 is 0 Å². The first-order chi connectivity index (χ1) is 7.80. The summed E-state index contributed by atoms with van der Waals surface area (Å²) in [6.07, 6.45) is 0. The Morgan fingerprint density at radius 1 is 1.41 bits per heavy atom. The van der Waals surface area contributed by atoms with Crippen LogP contribution in [0.3, 0.4) is 0 Å². The van der Waals surface area contributed by atoms with Crippen molar-refractivity contribution in [3.05, 3.63) is 20.8 Å². The average Bonchev–Trinajstić information content (AvgIpc) is 2.59. The van der Waals surface area contributed by atoms with Crippen LogP contribution in [0.25, 0.3) is 0 Å². The van der Waals surface area contributed by atoms with E-state index in [0.29, 0.717) is 11.5 Å². The molecule has 1 atom stereocenters. The van der Waals surface area contributed by atoms with Gasteiger partial charge in [0.2, 0.25) is 0 Å². The highest BCUT2D eigenvalue weighted by atomic mass is 79.9. The zero-order chi connectivity index (χ0) is 13.1. The topological polar surface area (TPSA) is 15.3 Å². The van der Waals surface area contributed by atoms with Crippen molar-refractivity contribution < 1.29 is 0 Å². The van der Waals surface area contributed by atoms with E-state index in [9.17, 15) is 0 Å². The van der Waals surface area contributed by atoms with E-state index in [-0.39, 0.29) is 0 Å². The number of hydrogen-bond donors (Lipinski definition) is 1. The molecular formula is C13H23BrN2S. The minimum Gasteiger partial charge on any atom is -0.309 e. The lowest BCUT2D eigenvalue weighted by molar-refractivity contribution is 0.227. The molecule has 1 N–H and O–H groups in total. The van der Waals surface area contributed by atoms with Crippen LogP contribution < -0.4 is 5.32 Å². The van der Waals surface area contributed by atoms with E-state index in [2.05, 4.69) is 73.1 Å². The van der Waals surface area contributed by atoms with Gasteiger partial charge < -0.3 is 10.2 Å². The van der Waals surface area contributed by atoms with Gasteiger partial charge in [0.1, 0.15) is 0 Å². The first kappa shape index (κ1) is 15.2. The molecule has 1 aromatic heterocycles. The van der Waals surface area contributed by atoms with Crippen molar-refractivity contribution >= 4 is 27.3 Å². The van der Waals surface area contributed by atoms with E-state index in [1.807, 2.05) is 0 Å². The zero-order valence-electron chi connectivity index (χ0n) is 11.4. The van der Waals surface area contributed by atoms with Crippen LogP contribution in [0.1, 0.15) is 31.7 Å². The predicted octanol–water partition coefficient (Wildman–Crippen LogP) is 3.75. The van der Waals surface area contributed by atoms with E-state index >= 15 is 0 Å². The van der Waals surface area contributed by atoms with Crippen molar-refractivity contribution in [2.24, 2.45) is 5.41 Å². The van der Waals surface area contributed by atoms with E-state index in [0.717, 1.165) is 13.1 Å². The summed E-state index contributed by atoms with van der Waals surface area (Å²) in [7, 11) is 4.25. The van der Waals surface area contributed by atoms with Crippen LogP contribution >= 0.6 is 27.3 Å². The maximum absolute atomic E-state index is 3.62. The normalized spacial score (nSPS) is 14.3. The second-order valence-corrected chi connectivity index (χ2v) is 8.14. The molecule has 2 nitrogen and oxygen atoms in total. The molecular weight excluding hydrogens is 296 g/mol. The lowest BCUT2D eigenvalue weighted by Crippen LogP contribution is -2.38. The Morgan fingerprint density at radius 3 is 2.53 bits per heavy atom. The molecule has 1 unspecified atom stereocenters. The Morgan fingerprint density at radius 2 is 2.06 bits per heavy atom. The molecule has 1 aromatic rings. The first-order valence-electron chi connectivity index (χ1n) is 5.93. The molecule has 0 saturated heterocycles. The minimum absolute atomic E-state index is 0.298. The van der Waals surface area contributed by atoms with Gasteiger partial charge in [-0.2, -0.15) is 0 Å². The van der Waals surface area contributed by atoms with E-state index in [1.165, 1.54) is 8.66 Å². The molecule has 0 saturated carbocycles. The summed E-state index contributed by atoms with van der Waals surface area (Å²) in [5, 5.41) is 3.62. The monoisotopic (exact) mass is 318 g/mol. The van der Waals surface area contributed by atoms with Crippen LogP contribution in [0.4, 0.5) is 0 Å². The maximum atomic E-state index is 3.62. The Kier molecular flexibility index (Phi) is 5.64. The number of nitrogens with one attached hydrogen (secondary N) is 1. The van der Waals surface area contributed by atoms with Crippen LogP contribution in [0.2, 0.25) is 0 Å². The number of halogens is 1. The molecule has 0 aliphatic heterocycles. The quantitative estimate of drug-likeness (QED) is 0.859. The van der Waals surface area contributed by atoms with Crippen LogP contribution in [0.15, 0.2) is 15.9 Å². The van der Waals surface area contributed by atoms with Gasteiger partial charge in [-0.25, -0.2) is 0 Å². The summed E-state index contributed by atoms with van der Waals surface area (Å²) >= 11 is 5.31. The van der Waals surface area contributed by atoms with E-state index in [1.54, 1.807) is 11.3 Å². The zero-order valence-corrected chi connectivity index (χ0v) is 13.8. The summed E-state index contributed by atoms with van der Waals surface area (Å²) in [6.45, 7) is 8.96. The second kappa shape index (κ2) is 6.32. The molecule has 0 bridgehead atoms. The number of thiophene rings is 1. The van der Waals surface area contributed by atoms with Gasteiger partial charge in [-0.1, -0.05) is 13.8 Å². The van der Waals surface area contributed by atoms with Crippen molar-refractivity contribution in [3.8, 4) is 0 Å². The van der Waals surface area contributed by atoms with E-state index < -0.39 is 0 Å². The molecule has 0 aromatic carbocycles. The van der Waals surface area contributed by atoms with Crippen LogP contribution in [-0.4, -0.2) is 32.1 Å². The molecule has 0 radical (unpaired) electrons. The fourth-order valence-electron chi connectivity index (χ4n) is 2.00. The largest absolute Gasteiger partial charge is 0.309 e. The molecule has 98 valence electrons. The smallest absolute Gasteiger partial charge is 0.0701 e. The predicted molar refractivity (Wildman–Crippen MR) is 80.8 cm³/mol. The minimum atomic E-state index is 0.298. The third kappa shape index (κ3) is 5.51. The van der Waals surface area contributed by atoms with Gasteiger partial charge in [-0.15, -0.1) is 11.3 Å². The fraction of sp³-hybridized carbons (Fsp3) is 0.692. The molecule has 0 spiro atoms. The lowest BCUT2D eigenvalue weighted by atomic mass is 9.92. The van der Waals surface area contributed by atoms with Crippen molar-refractivity contribution in [1.29, 1.82) is 0 Å². The highest BCUT2D eigenvalue weighted by Gasteiger charge is 2.20. The summed E-state index contributed by atoms with van der Waals surface area (Å²) < 4.78 is 1.20. The molecule has 0 amide bonds. The Balaban J connectivity index is 2.45. The van der Waals surface area contributed by atoms with Gasteiger partial charge in [-0.3, -0.25) is 0 Å². The van der Waals surface area contributed by atoms with Crippen LogP contribution in [0.5, 0.6) is 0 Å². The van der Waals surface area contributed by atoms with Crippen LogP contribution in [0, 0.1) is 5.41 Å². The van der Waals surface area contributed by atoms with Crippen molar-refractivity contribution in [2.75, 3.05) is 27.2 Å². The fourth-order valence-corrected chi connectivity index (χ4v) is 3.45. The molecule has 0 aliphatic carbocycles. The van der Waals surface area contributed by atoms with Crippen molar-refractivity contribution in [3.63, 3.8) is 0 Å². The molecule has 0 aliphatic rings. The van der Waals surface area contributed by atoms with Gasteiger partial charge in [0.15, 0.2) is 0 Å².